The summed E-state index contributed by atoms with van der Waals surface area (Å²) in [6.45, 7) is 3.51. The fourth-order valence-electron chi connectivity index (χ4n) is 3.69. The van der Waals surface area contributed by atoms with Crippen LogP contribution in [0.5, 0.6) is 0 Å². The number of imidazole rings is 1. The van der Waals surface area contributed by atoms with Gasteiger partial charge >= 0.3 is 6.18 Å². The van der Waals surface area contributed by atoms with Crippen molar-refractivity contribution >= 4 is 23.5 Å². The molecule has 0 saturated carbocycles. The summed E-state index contributed by atoms with van der Waals surface area (Å²) >= 11 is 0. The summed E-state index contributed by atoms with van der Waals surface area (Å²) in [6, 6.07) is 11.9. The quantitative estimate of drug-likeness (QED) is 0.248. The van der Waals surface area contributed by atoms with Gasteiger partial charge < -0.3 is 9.88 Å². The second kappa shape index (κ2) is 10.6. The minimum absolute atomic E-state index is 0.215. The SMILES string of the molecule is Cc1cn(-c2cc(CC(=O)c3ccc(C)c(NC(=O)/C=C/c4cccnc4)c3)cc(C(F)(F)F)c2)cn1. The number of anilines is 1. The minimum atomic E-state index is -4.58. The molecule has 0 spiro atoms. The van der Waals surface area contributed by atoms with Crippen LogP contribution in [-0.2, 0) is 17.4 Å². The lowest BCUT2D eigenvalue weighted by Gasteiger charge is -2.13. The van der Waals surface area contributed by atoms with Crippen molar-refractivity contribution in [3.8, 4) is 5.69 Å². The predicted molar refractivity (Wildman–Crippen MR) is 134 cm³/mol. The third-order valence-corrected chi connectivity index (χ3v) is 5.61. The van der Waals surface area contributed by atoms with Gasteiger partial charge in [0.05, 0.1) is 17.6 Å². The van der Waals surface area contributed by atoms with Crippen LogP contribution in [0.25, 0.3) is 11.8 Å². The number of nitrogens with zero attached hydrogens (tertiary/aromatic N) is 3. The molecule has 1 N–H and O–H groups in total. The average Bonchev–Trinajstić information content (AvgIpc) is 3.30. The molecular formula is C28H23F3N4O2. The molecule has 0 fully saturated rings. The maximum Gasteiger partial charge on any atom is 0.416 e. The first-order valence-electron chi connectivity index (χ1n) is 11.3. The van der Waals surface area contributed by atoms with Crippen LogP contribution in [0.1, 0.15) is 38.3 Å². The first-order valence-corrected chi connectivity index (χ1v) is 11.3. The Balaban J connectivity index is 1.55. The van der Waals surface area contributed by atoms with Gasteiger partial charge in [0, 0.05) is 48.0 Å². The highest BCUT2D eigenvalue weighted by Crippen LogP contribution is 2.32. The summed E-state index contributed by atoms with van der Waals surface area (Å²) in [6.07, 6.45) is 4.42. The Morgan fingerprint density at radius 1 is 1.08 bits per heavy atom. The van der Waals surface area contributed by atoms with Gasteiger partial charge in [-0.05, 0) is 66.9 Å². The van der Waals surface area contributed by atoms with E-state index in [4.69, 9.17) is 0 Å². The molecule has 0 bridgehead atoms. The molecule has 1 amide bonds. The van der Waals surface area contributed by atoms with E-state index in [1.807, 2.05) is 0 Å². The van der Waals surface area contributed by atoms with E-state index in [2.05, 4.69) is 15.3 Å². The number of hydrogen-bond acceptors (Lipinski definition) is 4. The molecule has 9 heteroatoms. The van der Waals surface area contributed by atoms with E-state index in [1.54, 1.807) is 62.8 Å². The van der Waals surface area contributed by atoms with Gasteiger partial charge in [0.25, 0.3) is 0 Å². The van der Waals surface area contributed by atoms with Gasteiger partial charge in [-0.25, -0.2) is 4.98 Å². The zero-order valence-corrected chi connectivity index (χ0v) is 20.1. The van der Waals surface area contributed by atoms with E-state index in [0.29, 0.717) is 11.4 Å². The smallest absolute Gasteiger partial charge is 0.322 e. The normalized spacial score (nSPS) is 11.6. The number of halogens is 3. The molecule has 2 aromatic carbocycles. The number of carbonyl (C=O) groups is 2. The van der Waals surface area contributed by atoms with E-state index in [-0.39, 0.29) is 29.0 Å². The van der Waals surface area contributed by atoms with Gasteiger partial charge in [-0.1, -0.05) is 18.2 Å². The number of alkyl halides is 3. The summed E-state index contributed by atoms with van der Waals surface area (Å²) in [7, 11) is 0. The molecule has 2 aromatic heterocycles. The number of rotatable bonds is 7. The van der Waals surface area contributed by atoms with Crippen molar-refractivity contribution in [1.82, 2.24) is 14.5 Å². The van der Waals surface area contributed by atoms with Crippen LogP contribution in [0.3, 0.4) is 0 Å². The lowest BCUT2D eigenvalue weighted by Crippen LogP contribution is -2.12. The molecule has 0 aliphatic heterocycles. The van der Waals surface area contributed by atoms with Crippen molar-refractivity contribution in [2.75, 3.05) is 5.32 Å². The molecule has 0 unspecified atom stereocenters. The highest BCUT2D eigenvalue weighted by atomic mass is 19.4. The summed E-state index contributed by atoms with van der Waals surface area (Å²) in [5.74, 6) is -0.775. The maximum atomic E-state index is 13.6. The number of Topliss-reactive ketones (excluding diaryl/α,β-unsaturated/α-hetero) is 1. The molecule has 188 valence electrons. The van der Waals surface area contributed by atoms with E-state index in [9.17, 15) is 22.8 Å². The molecule has 2 heterocycles. The number of hydrogen-bond donors (Lipinski definition) is 1. The zero-order chi connectivity index (χ0) is 26.6. The van der Waals surface area contributed by atoms with Crippen LogP contribution in [0, 0.1) is 13.8 Å². The Morgan fingerprint density at radius 3 is 2.57 bits per heavy atom. The number of pyridine rings is 1. The summed E-state index contributed by atoms with van der Waals surface area (Å²) in [5.41, 5.74) is 2.47. The van der Waals surface area contributed by atoms with Crippen LogP contribution in [0.2, 0.25) is 0 Å². The second-order valence-corrected chi connectivity index (χ2v) is 8.55. The van der Waals surface area contributed by atoms with Crippen molar-refractivity contribution < 1.29 is 22.8 Å². The van der Waals surface area contributed by atoms with Crippen LogP contribution in [0.15, 0.2) is 79.5 Å². The molecule has 6 nitrogen and oxygen atoms in total. The van der Waals surface area contributed by atoms with Crippen molar-refractivity contribution in [2.24, 2.45) is 0 Å². The van der Waals surface area contributed by atoms with Crippen LogP contribution < -0.4 is 5.32 Å². The number of amides is 1. The Morgan fingerprint density at radius 2 is 1.89 bits per heavy atom. The monoisotopic (exact) mass is 504 g/mol. The molecule has 4 aromatic rings. The van der Waals surface area contributed by atoms with Crippen LogP contribution in [-0.4, -0.2) is 26.2 Å². The van der Waals surface area contributed by atoms with E-state index >= 15 is 0 Å². The van der Waals surface area contributed by atoms with E-state index < -0.39 is 17.6 Å². The van der Waals surface area contributed by atoms with Crippen LogP contribution in [0.4, 0.5) is 18.9 Å². The predicted octanol–water partition coefficient (Wildman–Crippen LogP) is 5.98. The largest absolute Gasteiger partial charge is 0.416 e. The Labute approximate surface area is 211 Å². The van der Waals surface area contributed by atoms with Crippen molar-refractivity contribution in [3.63, 3.8) is 0 Å². The average molecular weight is 505 g/mol. The fourth-order valence-corrected chi connectivity index (χ4v) is 3.69. The molecular weight excluding hydrogens is 481 g/mol. The minimum Gasteiger partial charge on any atom is -0.322 e. The van der Waals surface area contributed by atoms with E-state index in [0.717, 1.165) is 23.3 Å². The topological polar surface area (TPSA) is 76.9 Å². The molecule has 0 radical (unpaired) electrons. The summed E-state index contributed by atoms with van der Waals surface area (Å²) < 4.78 is 42.2. The van der Waals surface area contributed by atoms with E-state index in [1.165, 1.54) is 29.1 Å². The van der Waals surface area contributed by atoms with Crippen molar-refractivity contribution in [1.29, 1.82) is 0 Å². The molecule has 37 heavy (non-hydrogen) atoms. The van der Waals surface area contributed by atoms with Crippen LogP contribution >= 0.6 is 0 Å². The lowest BCUT2D eigenvalue weighted by molar-refractivity contribution is -0.137. The van der Waals surface area contributed by atoms with Gasteiger partial charge in [0.15, 0.2) is 5.78 Å². The van der Waals surface area contributed by atoms with Gasteiger partial charge in [-0.3, -0.25) is 14.6 Å². The summed E-state index contributed by atoms with van der Waals surface area (Å²) in [4.78, 5) is 33.5. The number of aryl methyl sites for hydroxylation is 2. The summed E-state index contributed by atoms with van der Waals surface area (Å²) in [5, 5.41) is 2.74. The molecule has 4 rings (SSSR count). The first kappa shape index (κ1) is 25.6. The number of aromatic nitrogens is 3. The van der Waals surface area contributed by atoms with Gasteiger partial charge in [0.1, 0.15) is 0 Å². The standard InChI is InChI=1S/C28H23F3N4O2/c1-18-5-7-22(13-25(18)34-27(37)8-6-20-4-3-9-32-15-20)26(36)12-21-10-23(28(29,30)31)14-24(11-21)35-16-19(2)33-17-35/h3-11,13-17H,12H2,1-2H3,(H,34,37)/b8-6+. The number of nitrogens with one attached hydrogen (secondary N) is 1. The third-order valence-electron chi connectivity index (χ3n) is 5.61. The third kappa shape index (κ3) is 6.58. The highest BCUT2D eigenvalue weighted by molar-refractivity contribution is 6.04. The highest BCUT2D eigenvalue weighted by Gasteiger charge is 2.31. The van der Waals surface area contributed by atoms with Gasteiger partial charge in [-0.15, -0.1) is 0 Å². The first-order chi connectivity index (χ1) is 17.6. The number of carbonyl (C=O) groups excluding carboxylic acids is 2. The Bertz CT molecular complexity index is 1470. The van der Waals surface area contributed by atoms with Crippen molar-refractivity contribution in [2.45, 2.75) is 26.4 Å². The zero-order valence-electron chi connectivity index (χ0n) is 20.1. The molecule has 0 saturated heterocycles. The number of ketones is 1. The Kier molecular flexibility index (Phi) is 7.33. The van der Waals surface area contributed by atoms with Gasteiger partial charge in [0.2, 0.25) is 5.91 Å². The second-order valence-electron chi connectivity index (χ2n) is 8.55. The molecule has 0 atom stereocenters. The Hall–Kier alpha value is -4.53. The molecule has 0 aliphatic carbocycles. The lowest BCUT2D eigenvalue weighted by atomic mass is 9.99. The fraction of sp³-hybridized carbons (Fsp3) is 0.143. The van der Waals surface area contributed by atoms with Gasteiger partial charge in [-0.2, -0.15) is 13.2 Å². The number of benzene rings is 2. The van der Waals surface area contributed by atoms with Crippen molar-refractivity contribution in [3.05, 3.63) is 113 Å². The molecule has 0 aliphatic rings. The maximum absolute atomic E-state index is 13.6.